The first kappa shape index (κ1) is 42.0. The molecule has 1 aliphatic heterocycles. The molecule has 2 fully saturated rings. The van der Waals surface area contributed by atoms with Crippen molar-refractivity contribution in [3.63, 3.8) is 0 Å². The van der Waals surface area contributed by atoms with Crippen molar-refractivity contribution in [1.29, 1.82) is 0 Å². The summed E-state index contributed by atoms with van der Waals surface area (Å²) in [5.74, 6) is 1.20. The standard InChI is InChI=1S/C45H80O2/c1-5-7-9-11-13-15-17-19-21-23-25-27-29-31-33-35-37-45(46-43-39-41(3)42(4)40-44(43)47-45)38-36-34-32-30-28-26-24-22-20-18-16-14-12-10-8-6-2/h13-16,19-22,41-44H,5-12,17-18,23-40H2,1-4H3/b15-13-,16-14-,21-19-,22-20-/t41-,42+,43+,44-. The first-order valence-corrected chi connectivity index (χ1v) is 21.1. The number of ether oxygens (including phenoxy) is 2. The van der Waals surface area contributed by atoms with Crippen LogP contribution in [0.2, 0.25) is 0 Å². The number of fused-ring (bicyclic) bond motifs is 1. The molecule has 1 aliphatic carbocycles. The summed E-state index contributed by atoms with van der Waals surface area (Å²) in [5, 5.41) is 0. The molecule has 0 aromatic heterocycles. The maximum absolute atomic E-state index is 6.87. The Bertz CT molecular complexity index is 754. The molecule has 2 nitrogen and oxygen atoms in total. The Hall–Kier alpha value is -1.12. The van der Waals surface area contributed by atoms with Crippen LogP contribution >= 0.6 is 0 Å². The fraction of sp³-hybridized carbons (Fsp3) is 0.822. The van der Waals surface area contributed by atoms with E-state index >= 15 is 0 Å². The van der Waals surface area contributed by atoms with Crippen molar-refractivity contribution in [2.75, 3.05) is 0 Å². The zero-order valence-corrected chi connectivity index (χ0v) is 32.0. The molecule has 272 valence electrons. The molecule has 2 aliphatic rings. The van der Waals surface area contributed by atoms with Crippen LogP contribution in [-0.4, -0.2) is 18.0 Å². The molecule has 0 unspecified atom stereocenters. The van der Waals surface area contributed by atoms with Crippen LogP contribution in [0, 0.1) is 11.8 Å². The van der Waals surface area contributed by atoms with Crippen LogP contribution in [0.15, 0.2) is 48.6 Å². The highest BCUT2D eigenvalue weighted by molar-refractivity contribution is 4.94. The lowest BCUT2D eigenvalue weighted by Crippen LogP contribution is -2.34. The summed E-state index contributed by atoms with van der Waals surface area (Å²) in [6.07, 6.45) is 55.3. The molecule has 1 saturated heterocycles. The highest BCUT2D eigenvalue weighted by atomic mass is 16.8. The van der Waals surface area contributed by atoms with Crippen molar-refractivity contribution in [1.82, 2.24) is 0 Å². The summed E-state index contributed by atoms with van der Waals surface area (Å²) in [6, 6.07) is 0. The Balaban J connectivity index is 1.56. The first-order valence-electron chi connectivity index (χ1n) is 21.1. The Morgan fingerprint density at radius 2 is 0.745 bits per heavy atom. The summed E-state index contributed by atoms with van der Waals surface area (Å²) < 4.78 is 13.7. The molecule has 0 radical (unpaired) electrons. The maximum atomic E-state index is 6.87. The molecule has 0 spiro atoms. The highest BCUT2D eigenvalue weighted by Gasteiger charge is 2.49. The van der Waals surface area contributed by atoms with Gasteiger partial charge in [-0.25, -0.2) is 0 Å². The lowest BCUT2D eigenvalue weighted by molar-refractivity contribution is -0.186. The third-order valence-corrected chi connectivity index (χ3v) is 10.8. The number of unbranched alkanes of at least 4 members (excludes halogenated alkanes) is 18. The van der Waals surface area contributed by atoms with Gasteiger partial charge in [-0.1, -0.05) is 153 Å². The van der Waals surface area contributed by atoms with Crippen molar-refractivity contribution in [3.05, 3.63) is 48.6 Å². The fourth-order valence-corrected chi connectivity index (χ4v) is 7.45. The molecule has 0 N–H and O–H groups in total. The number of allylic oxidation sites excluding steroid dienone is 8. The van der Waals surface area contributed by atoms with Gasteiger partial charge >= 0.3 is 0 Å². The quantitative estimate of drug-likeness (QED) is 0.0568. The van der Waals surface area contributed by atoms with Gasteiger partial charge in [0.1, 0.15) is 0 Å². The first-order chi connectivity index (χ1) is 23.1. The summed E-state index contributed by atoms with van der Waals surface area (Å²) in [4.78, 5) is 0. The van der Waals surface area contributed by atoms with E-state index in [1.807, 2.05) is 0 Å². The van der Waals surface area contributed by atoms with Crippen molar-refractivity contribution in [3.8, 4) is 0 Å². The van der Waals surface area contributed by atoms with E-state index in [4.69, 9.17) is 9.47 Å². The predicted octanol–water partition coefficient (Wildman–Crippen LogP) is 14.9. The fourth-order valence-electron chi connectivity index (χ4n) is 7.45. The van der Waals surface area contributed by atoms with Crippen LogP contribution in [0.3, 0.4) is 0 Å². The Labute approximate surface area is 294 Å². The van der Waals surface area contributed by atoms with Crippen molar-refractivity contribution in [2.45, 2.75) is 225 Å². The van der Waals surface area contributed by atoms with Gasteiger partial charge in [-0.3, -0.25) is 0 Å². The van der Waals surface area contributed by atoms with Gasteiger partial charge in [0.2, 0.25) is 0 Å². The lowest BCUT2D eigenvalue weighted by atomic mass is 9.79. The third-order valence-electron chi connectivity index (χ3n) is 10.8. The Kier molecular flexibility index (Phi) is 25.7. The van der Waals surface area contributed by atoms with Crippen molar-refractivity contribution >= 4 is 0 Å². The third kappa shape index (κ3) is 20.9. The molecule has 0 aromatic rings. The van der Waals surface area contributed by atoms with Gasteiger partial charge in [-0.15, -0.1) is 0 Å². The highest BCUT2D eigenvalue weighted by Crippen LogP contribution is 2.45. The van der Waals surface area contributed by atoms with E-state index in [1.54, 1.807) is 0 Å². The van der Waals surface area contributed by atoms with Crippen LogP contribution in [-0.2, 0) is 9.47 Å². The molecule has 0 bridgehead atoms. The van der Waals surface area contributed by atoms with E-state index in [9.17, 15) is 0 Å². The zero-order chi connectivity index (χ0) is 33.7. The van der Waals surface area contributed by atoms with Crippen LogP contribution in [0.4, 0.5) is 0 Å². The smallest absolute Gasteiger partial charge is 0.169 e. The van der Waals surface area contributed by atoms with Gasteiger partial charge in [0.25, 0.3) is 0 Å². The average molecular weight is 653 g/mol. The predicted molar refractivity (Wildman–Crippen MR) is 208 cm³/mol. The largest absolute Gasteiger partial charge is 0.344 e. The molecule has 2 rings (SSSR count). The van der Waals surface area contributed by atoms with E-state index in [0.717, 1.165) is 37.5 Å². The average Bonchev–Trinajstić information content (AvgIpc) is 3.41. The molecule has 4 atom stereocenters. The molecule has 0 amide bonds. The number of rotatable bonds is 30. The van der Waals surface area contributed by atoms with Gasteiger partial charge in [0.15, 0.2) is 5.79 Å². The lowest BCUT2D eigenvalue weighted by Gasteiger charge is -2.32. The number of hydrogen-bond acceptors (Lipinski definition) is 2. The second kappa shape index (κ2) is 28.7. The minimum absolute atomic E-state index is 0.302. The maximum Gasteiger partial charge on any atom is 0.169 e. The normalized spacial score (nSPS) is 22.9. The Morgan fingerprint density at radius 1 is 0.426 bits per heavy atom. The summed E-state index contributed by atoms with van der Waals surface area (Å²) in [7, 11) is 0. The Morgan fingerprint density at radius 3 is 1.11 bits per heavy atom. The van der Waals surface area contributed by atoms with E-state index in [1.165, 1.54) is 154 Å². The monoisotopic (exact) mass is 653 g/mol. The summed E-state index contributed by atoms with van der Waals surface area (Å²) in [6.45, 7) is 9.37. The summed E-state index contributed by atoms with van der Waals surface area (Å²) in [5.41, 5.74) is 0. The van der Waals surface area contributed by atoms with E-state index in [2.05, 4.69) is 76.3 Å². The second-order valence-corrected chi connectivity index (χ2v) is 15.3. The van der Waals surface area contributed by atoms with Gasteiger partial charge in [0.05, 0.1) is 12.2 Å². The van der Waals surface area contributed by atoms with E-state index < -0.39 is 0 Å². The number of hydrogen-bond donors (Lipinski definition) is 0. The molecular weight excluding hydrogens is 572 g/mol. The molecule has 1 saturated carbocycles. The van der Waals surface area contributed by atoms with E-state index in [-0.39, 0.29) is 5.79 Å². The van der Waals surface area contributed by atoms with Crippen LogP contribution in [0.5, 0.6) is 0 Å². The SMILES string of the molecule is CCCCC/C=C\C/C=C\CCCCCCCCC1(CCCCCCCC/C=C\C/C=C\CCCCC)O[C@H]2C[C@@H](C)[C@@H](C)C[C@H]2O1. The van der Waals surface area contributed by atoms with Crippen LogP contribution in [0.25, 0.3) is 0 Å². The van der Waals surface area contributed by atoms with Gasteiger partial charge in [-0.05, 0) is 102 Å². The summed E-state index contributed by atoms with van der Waals surface area (Å²) >= 11 is 0. The van der Waals surface area contributed by atoms with E-state index in [0.29, 0.717) is 12.2 Å². The minimum atomic E-state index is -0.302. The molecule has 2 heteroatoms. The van der Waals surface area contributed by atoms with Gasteiger partial charge < -0.3 is 9.47 Å². The topological polar surface area (TPSA) is 18.5 Å². The zero-order valence-electron chi connectivity index (χ0n) is 32.0. The second-order valence-electron chi connectivity index (χ2n) is 15.3. The van der Waals surface area contributed by atoms with Crippen LogP contribution < -0.4 is 0 Å². The molecule has 1 heterocycles. The van der Waals surface area contributed by atoms with Gasteiger partial charge in [-0.2, -0.15) is 0 Å². The van der Waals surface area contributed by atoms with Crippen LogP contribution in [0.1, 0.15) is 207 Å². The molecular formula is C45H80O2. The molecule has 0 aromatic carbocycles. The van der Waals surface area contributed by atoms with Crippen molar-refractivity contribution in [2.24, 2.45) is 11.8 Å². The molecule has 47 heavy (non-hydrogen) atoms. The van der Waals surface area contributed by atoms with Gasteiger partial charge in [0, 0.05) is 12.8 Å². The minimum Gasteiger partial charge on any atom is -0.344 e. The van der Waals surface area contributed by atoms with Crippen molar-refractivity contribution < 1.29 is 9.47 Å².